The fourth-order valence-corrected chi connectivity index (χ4v) is 6.90. The topological polar surface area (TPSA) is 75.9 Å². The maximum Gasteiger partial charge on any atom is 0.227 e. The Hall–Kier alpha value is -6.53. The number of pyridine rings is 1. The molecule has 1 aliphatic rings. The van der Waals surface area contributed by atoms with Crippen molar-refractivity contribution in [1.82, 2.24) is 10.3 Å². The van der Waals surface area contributed by atoms with Crippen LogP contribution in [-0.4, -0.2) is 16.7 Å². The molecule has 10 rings (SSSR count). The van der Waals surface area contributed by atoms with Crippen molar-refractivity contribution < 1.29 is 8.83 Å². The Labute approximate surface area is 274 Å². The number of rotatable bonds is 4. The molecule has 0 saturated carbocycles. The zero-order valence-corrected chi connectivity index (χ0v) is 25.6. The molecule has 6 nitrogen and oxygen atoms in total. The minimum atomic E-state index is -0.507. The van der Waals surface area contributed by atoms with Crippen molar-refractivity contribution in [2.75, 3.05) is 0 Å². The van der Waals surface area contributed by atoms with Crippen molar-refractivity contribution in [2.24, 2.45) is 9.98 Å². The van der Waals surface area contributed by atoms with E-state index in [1.54, 1.807) is 0 Å². The van der Waals surface area contributed by atoms with Gasteiger partial charge in [-0.3, -0.25) is 0 Å². The highest BCUT2D eigenvalue weighted by molar-refractivity contribution is 6.23. The Bertz CT molecular complexity index is 2770. The second-order valence-corrected chi connectivity index (χ2v) is 12.0. The maximum atomic E-state index is 6.42. The molecule has 6 heteroatoms. The van der Waals surface area contributed by atoms with Crippen molar-refractivity contribution in [1.29, 1.82) is 0 Å². The summed E-state index contributed by atoms with van der Waals surface area (Å²) >= 11 is 0. The molecular weight excluding hydrogens is 592 g/mol. The normalized spacial score (nSPS) is 14.9. The van der Waals surface area contributed by atoms with Crippen molar-refractivity contribution >= 4 is 66.5 Å². The zero-order chi connectivity index (χ0) is 31.6. The summed E-state index contributed by atoms with van der Waals surface area (Å²) in [5.74, 6) is 1.46. The van der Waals surface area contributed by atoms with Crippen molar-refractivity contribution in [3.05, 3.63) is 162 Å². The van der Waals surface area contributed by atoms with Crippen LogP contribution in [0.1, 0.15) is 22.9 Å². The lowest BCUT2D eigenvalue weighted by Gasteiger charge is -2.23. The van der Waals surface area contributed by atoms with E-state index in [-0.39, 0.29) is 0 Å². The van der Waals surface area contributed by atoms with Crippen LogP contribution in [0.2, 0.25) is 0 Å². The van der Waals surface area contributed by atoms with Gasteiger partial charge in [-0.05, 0) is 47.2 Å². The lowest BCUT2D eigenvalue weighted by molar-refractivity contribution is 0.654. The first-order chi connectivity index (χ1) is 23.8. The molecule has 0 fully saturated rings. The summed E-state index contributed by atoms with van der Waals surface area (Å²) in [4.78, 5) is 15.4. The third kappa shape index (κ3) is 4.23. The molecule has 0 amide bonds. The highest BCUT2D eigenvalue weighted by atomic mass is 16.3. The summed E-state index contributed by atoms with van der Waals surface area (Å²) in [6.45, 7) is 0. The standard InChI is InChI=1S/C42H26N4O2/c1-2-11-26(12-3-1)39-44-40(30-15-8-18-35-37(30)29-14-6-7-17-34(29)47-35)46-41(45-39)31-16-9-19-36-38(31)32-22-23-33(43-42(32)48-36)28-21-20-25-10-4-5-13-27(25)24-28/h1-24,40H,(H,44,45,46). The molecule has 48 heavy (non-hydrogen) atoms. The van der Waals surface area contributed by atoms with Crippen molar-refractivity contribution in [3.8, 4) is 11.3 Å². The summed E-state index contributed by atoms with van der Waals surface area (Å²) in [6.07, 6.45) is -0.507. The summed E-state index contributed by atoms with van der Waals surface area (Å²) in [5, 5.41) is 9.91. The van der Waals surface area contributed by atoms with E-state index in [1.165, 1.54) is 10.8 Å². The highest BCUT2D eigenvalue weighted by Gasteiger charge is 2.26. The molecule has 0 aliphatic carbocycles. The van der Waals surface area contributed by atoms with Crippen LogP contribution < -0.4 is 5.32 Å². The van der Waals surface area contributed by atoms with Crippen LogP contribution in [0.15, 0.2) is 164 Å². The van der Waals surface area contributed by atoms with Crippen molar-refractivity contribution in [3.63, 3.8) is 0 Å². The number of hydrogen-bond acceptors (Lipinski definition) is 6. The SMILES string of the molecule is c1ccc(C2=NC(c3cccc4oc5ccccc5c34)N=C(c3cccc4oc5nc(-c6ccc7ccccc7c6)ccc5c34)N2)cc1. The average molecular weight is 619 g/mol. The van der Waals surface area contributed by atoms with E-state index in [0.717, 1.165) is 72.1 Å². The van der Waals surface area contributed by atoms with Gasteiger partial charge in [-0.25, -0.2) is 15.0 Å². The van der Waals surface area contributed by atoms with Gasteiger partial charge in [-0.1, -0.05) is 109 Å². The minimum absolute atomic E-state index is 0.507. The van der Waals surface area contributed by atoms with Crippen molar-refractivity contribution in [2.45, 2.75) is 6.17 Å². The molecule has 0 saturated heterocycles. The monoisotopic (exact) mass is 618 g/mol. The first-order valence-electron chi connectivity index (χ1n) is 16.0. The number of aliphatic imine (C=N–C) groups is 2. The molecule has 0 bridgehead atoms. The van der Waals surface area contributed by atoms with E-state index < -0.39 is 6.17 Å². The zero-order valence-electron chi connectivity index (χ0n) is 25.6. The summed E-state index contributed by atoms with van der Waals surface area (Å²) in [7, 11) is 0. The molecule has 1 unspecified atom stereocenters. The molecule has 0 radical (unpaired) electrons. The van der Waals surface area contributed by atoms with Gasteiger partial charge in [0.05, 0.1) is 5.69 Å². The molecule has 6 aromatic carbocycles. The molecule has 1 aliphatic heterocycles. The van der Waals surface area contributed by atoms with Gasteiger partial charge in [0, 0.05) is 43.8 Å². The molecule has 0 spiro atoms. The summed E-state index contributed by atoms with van der Waals surface area (Å²) in [5.41, 5.74) is 7.78. The molecule has 9 aromatic rings. The second kappa shape index (κ2) is 10.5. The van der Waals surface area contributed by atoms with Gasteiger partial charge in [0.2, 0.25) is 5.71 Å². The van der Waals surface area contributed by atoms with Gasteiger partial charge < -0.3 is 14.2 Å². The third-order valence-electron chi connectivity index (χ3n) is 9.16. The number of para-hydroxylation sites is 1. The Kier molecular flexibility index (Phi) is 5.84. The summed E-state index contributed by atoms with van der Waals surface area (Å²) in [6, 6.07) is 49.4. The van der Waals surface area contributed by atoms with E-state index in [1.807, 2.05) is 60.7 Å². The van der Waals surface area contributed by atoms with Gasteiger partial charge in [0.1, 0.15) is 28.4 Å². The van der Waals surface area contributed by atoms with Crippen LogP contribution in [0.25, 0.3) is 66.0 Å². The van der Waals surface area contributed by atoms with Crippen LogP contribution in [0, 0.1) is 0 Å². The van der Waals surface area contributed by atoms with Crippen LogP contribution in [0.3, 0.4) is 0 Å². The van der Waals surface area contributed by atoms with Crippen LogP contribution >= 0.6 is 0 Å². The number of aromatic nitrogens is 1. The number of amidine groups is 2. The number of nitrogens with zero attached hydrogens (tertiary/aromatic N) is 3. The maximum absolute atomic E-state index is 6.42. The largest absolute Gasteiger partial charge is 0.456 e. The Morgan fingerprint density at radius 1 is 0.500 bits per heavy atom. The van der Waals surface area contributed by atoms with Gasteiger partial charge >= 0.3 is 0 Å². The molecule has 4 heterocycles. The lowest BCUT2D eigenvalue weighted by atomic mass is 10.0. The molecule has 1 atom stereocenters. The van der Waals surface area contributed by atoms with E-state index in [9.17, 15) is 0 Å². The second-order valence-electron chi connectivity index (χ2n) is 12.0. The summed E-state index contributed by atoms with van der Waals surface area (Å²) < 4.78 is 12.6. The van der Waals surface area contributed by atoms with Crippen LogP contribution in [-0.2, 0) is 0 Å². The molecule has 226 valence electrons. The number of benzene rings is 6. The Morgan fingerprint density at radius 2 is 1.25 bits per heavy atom. The third-order valence-corrected chi connectivity index (χ3v) is 9.16. The fraction of sp³-hybridized carbons (Fsp3) is 0.0238. The van der Waals surface area contributed by atoms with E-state index in [2.05, 4.69) is 90.2 Å². The Balaban J connectivity index is 1.14. The van der Waals surface area contributed by atoms with Crippen LogP contribution in [0.5, 0.6) is 0 Å². The fourth-order valence-electron chi connectivity index (χ4n) is 6.90. The number of nitrogens with one attached hydrogen (secondary N) is 1. The average Bonchev–Trinajstić information content (AvgIpc) is 3.73. The molecular formula is C42H26N4O2. The number of furan rings is 2. The molecule has 1 N–H and O–H groups in total. The van der Waals surface area contributed by atoms with Gasteiger partial charge in [-0.15, -0.1) is 0 Å². The quantitative estimate of drug-likeness (QED) is 0.213. The van der Waals surface area contributed by atoms with Gasteiger partial charge in [-0.2, -0.15) is 0 Å². The highest BCUT2D eigenvalue weighted by Crippen LogP contribution is 2.38. The van der Waals surface area contributed by atoms with E-state index in [0.29, 0.717) is 11.5 Å². The smallest absolute Gasteiger partial charge is 0.227 e. The minimum Gasteiger partial charge on any atom is -0.456 e. The lowest BCUT2D eigenvalue weighted by Crippen LogP contribution is -2.36. The van der Waals surface area contributed by atoms with E-state index >= 15 is 0 Å². The first-order valence-corrected chi connectivity index (χ1v) is 16.0. The predicted octanol–water partition coefficient (Wildman–Crippen LogP) is 10.2. The van der Waals surface area contributed by atoms with Gasteiger partial charge in [0.15, 0.2) is 6.17 Å². The van der Waals surface area contributed by atoms with E-state index in [4.69, 9.17) is 23.8 Å². The number of fused-ring (bicyclic) bond motifs is 7. The molecule has 3 aromatic heterocycles. The predicted molar refractivity (Wildman–Crippen MR) is 194 cm³/mol. The first kappa shape index (κ1) is 26.7. The number of hydrogen-bond donors (Lipinski definition) is 1. The Morgan fingerprint density at radius 3 is 2.17 bits per heavy atom. The van der Waals surface area contributed by atoms with Crippen LogP contribution in [0.4, 0.5) is 0 Å². The van der Waals surface area contributed by atoms with Gasteiger partial charge in [0.25, 0.3) is 0 Å².